The molecule has 42 heavy (non-hydrogen) atoms. The van der Waals surface area contributed by atoms with E-state index in [-0.39, 0.29) is 28.3 Å². The van der Waals surface area contributed by atoms with Gasteiger partial charge >= 0.3 is 23.6 Å². The smallest absolute Gasteiger partial charge is 0.353 e. The molecular formula is C30H26N4O8. The lowest BCUT2D eigenvalue weighted by molar-refractivity contribution is -0.0629. The molecule has 12 nitrogen and oxygen atoms in total. The van der Waals surface area contributed by atoms with E-state index >= 15 is 0 Å². The summed E-state index contributed by atoms with van der Waals surface area (Å²) in [4.78, 5) is 55.8. The molecule has 12 heteroatoms. The maximum Gasteiger partial charge on any atom is 0.353 e. The second kappa shape index (κ2) is 12.4. The fraction of sp³-hybridized carbons (Fsp3) is 0.167. The first-order valence-corrected chi connectivity index (χ1v) is 12.9. The van der Waals surface area contributed by atoms with Crippen LogP contribution in [0, 0.1) is 0 Å². The van der Waals surface area contributed by atoms with Gasteiger partial charge in [-0.25, -0.2) is 23.7 Å². The molecule has 1 unspecified atom stereocenters. The Morgan fingerprint density at radius 3 is 1.71 bits per heavy atom. The van der Waals surface area contributed by atoms with Crippen LogP contribution in [0.2, 0.25) is 0 Å². The zero-order valence-electron chi connectivity index (χ0n) is 22.1. The molecule has 4 atom stereocenters. The molecule has 2 heterocycles. The van der Waals surface area contributed by atoms with E-state index in [1.54, 1.807) is 66.7 Å². The lowest BCUT2D eigenvalue weighted by Gasteiger charge is -2.25. The van der Waals surface area contributed by atoms with Crippen molar-refractivity contribution < 1.29 is 33.3 Å². The highest BCUT2D eigenvalue weighted by Crippen LogP contribution is 2.36. The average Bonchev–Trinajstić information content (AvgIpc) is 3.32. The Kier molecular flexibility index (Phi) is 8.25. The lowest BCUT2D eigenvalue weighted by atomic mass is 10.1. The van der Waals surface area contributed by atoms with E-state index in [1.807, 2.05) is 0 Å². The van der Waals surface area contributed by atoms with Crippen LogP contribution < -0.4 is 17.2 Å². The molecule has 0 aliphatic carbocycles. The predicted octanol–water partition coefficient (Wildman–Crippen LogP) is 2.61. The quantitative estimate of drug-likeness (QED) is 0.235. The van der Waals surface area contributed by atoms with Crippen molar-refractivity contribution in [2.45, 2.75) is 24.5 Å². The SMILES string of the molecule is Nc1cc(N)n(C2O[C@H](COC(=O)c3ccccc3)[C@@H](OC(=O)c3ccccc3)[C@H]2OC(=O)c2ccccc2)c(=O)n1. The Morgan fingerprint density at radius 1 is 0.738 bits per heavy atom. The van der Waals surface area contributed by atoms with Gasteiger partial charge in [0.15, 0.2) is 18.4 Å². The van der Waals surface area contributed by atoms with Crippen LogP contribution in [0.4, 0.5) is 11.6 Å². The summed E-state index contributed by atoms with van der Waals surface area (Å²) < 4.78 is 24.2. The number of anilines is 2. The molecule has 0 spiro atoms. The summed E-state index contributed by atoms with van der Waals surface area (Å²) in [6.45, 7) is -0.423. The lowest BCUT2D eigenvalue weighted by Crippen LogP contribution is -2.43. The van der Waals surface area contributed by atoms with Crippen LogP contribution in [0.25, 0.3) is 0 Å². The Labute approximate surface area is 239 Å². The number of rotatable bonds is 8. The van der Waals surface area contributed by atoms with E-state index < -0.39 is 54.7 Å². The molecule has 214 valence electrons. The van der Waals surface area contributed by atoms with Gasteiger partial charge in [-0.2, -0.15) is 4.98 Å². The number of carbonyl (C=O) groups excluding carboxylic acids is 3. The van der Waals surface area contributed by atoms with Gasteiger partial charge in [0.2, 0.25) is 0 Å². The molecule has 1 fully saturated rings. The van der Waals surface area contributed by atoms with E-state index in [0.717, 1.165) is 4.57 Å². The van der Waals surface area contributed by atoms with Crippen molar-refractivity contribution >= 4 is 29.5 Å². The molecule has 3 aromatic carbocycles. The molecule has 1 aliphatic heterocycles. The first-order chi connectivity index (χ1) is 20.3. The van der Waals surface area contributed by atoms with Gasteiger partial charge in [0.1, 0.15) is 24.3 Å². The molecule has 1 aromatic heterocycles. The van der Waals surface area contributed by atoms with Crippen molar-refractivity contribution in [3.8, 4) is 0 Å². The minimum absolute atomic E-state index is 0.134. The van der Waals surface area contributed by atoms with Crippen LogP contribution in [0.15, 0.2) is 102 Å². The molecule has 5 rings (SSSR count). The molecule has 4 aromatic rings. The van der Waals surface area contributed by atoms with E-state index in [9.17, 15) is 19.2 Å². The van der Waals surface area contributed by atoms with Crippen molar-refractivity contribution in [3.05, 3.63) is 124 Å². The third-order valence-electron chi connectivity index (χ3n) is 6.44. The normalized spacial score (nSPS) is 19.5. The molecule has 0 radical (unpaired) electrons. The van der Waals surface area contributed by atoms with E-state index in [4.69, 9.17) is 30.4 Å². The Bertz CT molecular complexity index is 1630. The van der Waals surface area contributed by atoms with Gasteiger partial charge in [0.05, 0.1) is 16.7 Å². The number of nitrogens with zero attached hydrogens (tertiary/aromatic N) is 2. The Balaban J connectivity index is 1.52. The molecule has 4 N–H and O–H groups in total. The zero-order valence-corrected chi connectivity index (χ0v) is 22.1. The van der Waals surface area contributed by atoms with Crippen molar-refractivity contribution in [2.24, 2.45) is 0 Å². The van der Waals surface area contributed by atoms with Crippen molar-refractivity contribution in [2.75, 3.05) is 18.1 Å². The highest BCUT2D eigenvalue weighted by Gasteiger charge is 2.52. The number of nitrogen functional groups attached to an aromatic ring is 2. The molecular weight excluding hydrogens is 544 g/mol. The van der Waals surface area contributed by atoms with Crippen molar-refractivity contribution in [3.63, 3.8) is 0 Å². The average molecular weight is 571 g/mol. The zero-order chi connectivity index (χ0) is 29.6. The second-order valence-corrected chi connectivity index (χ2v) is 9.26. The highest BCUT2D eigenvalue weighted by atomic mass is 16.7. The van der Waals surface area contributed by atoms with Gasteiger partial charge in [0, 0.05) is 6.07 Å². The predicted molar refractivity (Wildman–Crippen MR) is 149 cm³/mol. The molecule has 1 saturated heterocycles. The number of hydrogen-bond acceptors (Lipinski definition) is 11. The van der Waals surface area contributed by atoms with Gasteiger partial charge in [-0.15, -0.1) is 0 Å². The Hall–Kier alpha value is -5.49. The van der Waals surface area contributed by atoms with Gasteiger partial charge in [0.25, 0.3) is 0 Å². The number of aromatic nitrogens is 2. The molecule has 1 aliphatic rings. The maximum atomic E-state index is 13.2. The summed E-state index contributed by atoms with van der Waals surface area (Å²) in [5.41, 5.74) is 11.6. The molecule has 0 saturated carbocycles. The summed E-state index contributed by atoms with van der Waals surface area (Å²) in [6, 6.07) is 25.6. The largest absolute Gasteiger partial charge is 0.459 e. The van der Waals surface area contributed by atoms with Crippen LogP contribution in [0.5, 0.6) is 0 Å². The van der Waals surface area contributed by atoms with Gasteiger partial charge in [-0.1, -0.05) is 54.6 Å². The standard InChI is InChI=1S/C30H26N4O8/c31-22-16-23(32)34(30(38)33-22)26-25(42-29(37)20-14-8-3-9-15-20)24(41-28(36)19-12-6-2-7-13-19)21(40-26)17-39-27(35)18-10-4-1-5-11-18/h1-16,21,24-26H,17,32H2,(H2,31,33,38)/t21-,24-,25-,26?/m1/s1. The third-order valence-corrected chi connectivity index (χ3v) is 6.44. The summed E-state index contributed by atoms with van der Waals surface area (Å²) in [5.74, 6) is -2.49. The van der Waals surface area contributed by atoms with Gasteiger partial charge in [-0.05, 0) is 36.4 Å². The summed E-state index contributed by atoms with van der Waals surface area (Å²) in [7, 11) is 0. The number of hydrogen-bond donors (Lipinski definition) is 2. The fourth-order valence-corrected chi connectivity index (χ4v) is 4.45. The summed E-state index contributed by atoms with van der Waals surface area (Å²) in [6.07, 6.45) is -5.38. The number of ether oxygens (including phenoxy) is 4. The first-order valence-electron chi connectivity index (χ1n) is 12.9. The maximum absolute atomic E-state index is 13.2. The molecule has 0 amide bonds. The van der Waals surface area contributed by atoms with Crippen LogP contribution in [-0.2, 0) is 18.9 Å². The van der Waals surface area contributed by atoms with E-state index in [1.165, 1.54) is 30.3 Å². The third kappa shape index (κ3) is 6.13. The van der Waals surface area contributed by atoms with Crippen LogP contribution >= 0.6 is 0 Å². The van der Waals surface area contributed by atoms with Gasteiger partial charge < -0.3 is 30.4 Å². The first kappa shape index (κ1) is 28.1. The number of nitrogens with two attached hydrogens (primary N) is 2. The number of esters is 3. The fourth-order valence-electron chi connectivity index (χ4n) is 4.45. The Morgan fingerprint density at radius 2 is 1.21 bits per heavy atom. The van der Waals surface area contributed by atoms with E-state index in [0.29, 0.717) is 0 Å². The molecule has 0 bridgehead atoms. The number of carbonyl (C=O) groups is 3. The monoisotopic (exact) mass is 570 g/mol. The van der Waals surface area contributed by atoms with Crippen molar-refractivity contribution in [1.82, 2.24) is 9.55 Å². The second-order valence-electron chi connectivity index (χ2n) is 9.26. The minimum atomic E-state index is -1.42. The van der Waals surface area contributed by atoms with Crippen molar-refractivity contribution in [1.29, 1.82) is 0 Å². The number of benzene rings is 3. The summed E-state index contributed by atoms with van der Waals surface area (Å²) in [5, 5.41) is 0. The van der Waals surface area contributed by atoms with Crippen LogP contribution in [-0.4, -0.2) is 52.4 Å². The highest BCUT2D eigenvalue weighted by molar-refractivity contribution is 5.91. The topological polar surface area (TPSA) is 175 Å². The minimum Gasteiger partial charge on any atom is -0.459 e. The van der Waals surface area contributed by atoms with Crippen LogP contribution in [0.1, 0.15) is 37.3 Å². The van der Waals surface area contributed by atoms with Gasteiger partial charge in [-0.3, -0.25) is 0 Å². The van der Waals surface area contributed by atoms with Crippen LogP contribution in [0.3, 0.4) is 0 Å². The van der Waals surface area contributed by atoms with E-state index in [2.05, 4.69) is 4.98 Å². The summed E-state index contributed by atoms with van der Waals surface area (Å²) >= 11 is 0.